The number of fused-ring (bicyclic) bond motifs is 1. The van der Waals surface area contributed by atoms with Gasteiger partial charge in [-0.2, -0.15) is 0 Å². The highest BCUT2D eigenvalue weighted by Crippen LogP contribution is 2.43. The molecule has 2 aliphatic rings. The zero-order valence-corrected chi connectivity index (χ0v) is 22.4. The lowest BCUT2D eigenvalue weighted by Crippen LogP contribution is -2.38. The van der Waals surface area contributed by atoms with E-state index < -0.39 is 17.9 Å². The number of rotatable bonds is 11. The number of ether oxygens (including phenoxy) is 6. The van der Waals surface area contributed by atoms with Gasteiger partial charge in [0.05, 0.1) is 26.9 Å². The van der Waals surface area contributed by atoms with Crippen molar-refractivity contribution in [2.45, 2.75) is 46.6 Å². The second-order valence-corrected chi connectivity index (χ2v) is 8.93. The third-order valence-corrected chi connectivity index (χ3v) is 6.42. The SMILES string of the molecule is CCOC(=O)C(=O)Oc1c(C/C=C(\C)CCC(=O)OCCN2CCOCC2)c(OC)c(C)c2c1C(=O)OC2. The Hall–Kier alpha value is -3.44. The van der Waals surface area contributed by atoms with Crippen molar-refractivity contribution in [2.24, 2.45) is 0 Å². The average Bonchev–Trinajstić information content (AvgIpc) is 3.30. The molecule has 11 heteroatoms. The molecule has 0 amide bonds. The van der Waals surface area contributed by atoms with Crippen molar-refractivity contribution in [1.29, 1.82) is 0 Å². The Morgan fingerprint density at radius 3 is 2.47 bits per heavy atom. The van der Waals surface area contributed by atoms with E-state index in [1.54, 1.807) is 13.8 Å². The van der Waals surface area contributed by atoms with Crippen LogP contribution in [0.3, 0.4) is 0 Å². The maximum atomic E-state index is 12.5. The highest BCUT2D eigenvalue weighted by Gasteiger charge is 2.35. The Morgan fingerprint density at radius 1 is 1.05 bits per heavy atom. The molecule has 0 unspecified atom stereocenters. The summed E-state index contributed by atoms with van der Waals surface area (Å²) in [5.41, 5.74) is 2.59. The first-order chi connectivity index (χ1) is 18.3. The predicted molar refractivity (Wildman–Crippen MR) is 134 cm³/mol. The van der Waals surface area contributed by atoms with Crippen LogP contribution in [0.25, 0.3) is 0 Å². The van der Waals surface area contributed by atoms with Crippen LogP contribution in [-0.4, -0.2) is 81.9 Å². The summed E-state index contributed by atoms with van der Waals surface area (Å²) in [6.45, 7) is 9.27. The van der Waals surface area contributed by atoms with Gasteiger partial charge in [-0.25, -0.2) is 14.4 Å². The van der Waals surface area contributed by atoms with Crippen LogP contribution >= 0.6 is 0 Å². The van der Waals surface area contributed by atoms with Crippen molar-refractivity contribution < 1.29 is 47.6 Å². The van der Waals surface area contributed by atoms with Crippen molar-refractivity contribution in [3.63, 3.8) is 0 Å². The van der Waals surface area contributed by atoms with Gasteiger partial charge in [-0.05, 0) is 39.2 Å². The van der Waals surface area contributed by atoms with E-state index in [0.29, 0.717) is 55.2 Å². The summed E-state index contributed by atoms with van der Waals surface area (Å²) in [7, 11) is 1.47. The first-order valence-electron chi connectivity index (χ1n) is 12.7. The summed E-state index contributed by atoms with van der Waals surface area (Å²) in [5, 5.41) is 0. The highest BCUT2D eigenvalue weighted by molar-refractivity contribution is 6.30. The van der Waals surface area contributed by atoms with Gasteiger partial charge in [-0.3, -0.25) is 9.69 Å². The lowest BCUT2D eigenvalue weighted by Gasteiger charge is -2.26. The van der Waals surface area contributed by atoms with Crippen LogP contribution in [0.15, 0.2) is 11.6 Å². The summed E-state index contributed by atoms with van der Waals surface area (Å²) in [5.74, 6) is -3.03. The Labute approximate surface area is 221 Å². The number of carbonyl (C=O) groups is 4. The zero-order valence-electron chi connectivity index (χ0n) is 22.4. The van der Waals surface area contributed by atoms with Gasteiger partial charge in [0, 0.05) is 37.2 Å². The molecular formula is C27H35NO10. The average molecular weight is 534 g/mol. The topological polar surface area (TPSA) is 127 Å². The number of hydrogen-bond donors (Lipinski definition) is 0. The molecule has 3 rings (SSSR count). The molecule has 1 aromatic rings. The van der Waals surface area contributed by atoms with Crippen molar-refractivity contribution in [3.8, 4) is 11.5 Å². The van der Waals surface area contributed by atoms with Crippen LogP contribution in [0.5, 0.6) is 11.5 Å². The number of allylic oxidation sites excluding steroid dienone is 2. The number of nitrogens with zero attached hydrogens (tertiary/aromatic N) is 1. The quantitative estimate of drug-likeness (QED) is 0.137. The Morgan fingerprint density at radius 2 is 1.79 bits per heavy atom. The summed E-state index contributed by atoms with van der Waals surface area (Å²) >= 11 is 0. The van der Waals surface area contributed by atoms with Crippen LogP contribution in [0.1, 0.15) is 53.7 Å². The molecule has 38 heavy (non-hydrogen) atoms. The molecule has 0 aromatic heterocycles. The smallest absolute Gasteiger partial charge is 0.422 e. The van der Waals surface area contributed by atoms with E-state index in [1.807, 2.05) is 13.0 Å². The molecule has 1 fully saturated rings. The maximum Gasteiger partial charge on any atom is 0.422 e. The molecular weight excluding hydrogens is 498 g/mol. The van der Waals surface area contributed by atoms with E-state index in [4.69, 9.17) is 28.4 Å². The van der Waals surface area contributed by atoms with Gasteiger partial charge >= 0.3 is 23.9 Å². The molecule has 1 aromatic carbocycles. The maximum absolute atomic E-state index is 12.5. The van der Waals surface area contributed by atoms with Crippen LogP contribution in [0, 0.1) is 6.92 Å². The van der Waals surface area contributed by atoms with Gasteiger partial charge in [-0.1, -0.05) is 11.6 Å². The number of morpholine rings is 1. The fourth-order valence-corrected chi connectivity index (χ4v) is 4.31. The van der Waals surface area contributed by atoms with E-state index in [1.165, 1.54) is 7.11 Å². The second-order valence-electron chi connectivity index (χ2n) is 8.93. The summed E-state index contributed by atoms with van der Waals surface area (Å²) in [4.78, 5) is 51.2. The molecule has 208 valence electrons. The van der Waals surface area contributed by atoms with Crippen molar-refractivity contribution in [1.82, 2.24) is 4.90 Å². The lowest BCUT2D eigenvalue weighted by molar-refractivity contribution is -0.161. The first kappa shape index (κ1) is 29.1. The number of benzene rings is 1. The second kappa shape index (κ2) is 13.9. The van der Waals surface area contributed by atoms with Crippen LogP contribution in [0.4, 0.5) is 0 Å². The van der Waals surface area contributed by atoms with Crippen LogP contribution in [0.2, 0.25) is 0 Å². The van der Waals surface area contributed by atoms with Gasteiger partial charge in [0.2, 0.25) is 0 Å². The molecule has 1 saturated heterocycles. The number of esters is 4. The van der Waals surface area contributed by atoms with Gasteiger partial charge in [0.1, 0.15) is 24.5 Å². The highest BCUT2D eigenvalue weighted by atomic mass is 16.6. The minimum Gasteiger partial charge on any atom is -0.496 e. The van der Waals surface area contributed by atoms with E-state index in [2.05, 4.69) is 4.90 Å². The number of carbonyl (C=O) groups excluding carboxylic acids is 4. The van der Waals surface area contributed by atoms with E-state index >= 15 is 0 Å². The van der Waals surface area contributed by atoms with E-state index in [0.717, 1.165) is 18.7 Å². The molecule has 0 spiro atoms. The molecule has 11 nitrogen and oxygen atoms in total. The molecule has 0 atom stereocenters. The van der Waals surface area contributed by atoms with Gasteiger partial charge in [0.25, 0.3) is 0 Å². The van der Waals surface area contributed by atoms with Crippen LogP contribution < -0.4 is 9.47 Å². The zero-order chi connectivity index (χ0) is 27.7. The standard InChI is InChI=1S/C27H35NO10/c1-5-35-26(31)27(32)38-24-19(23(33-4)18(3)20-16-37-25(30)22(20)24)8-6-17(2)7-9-21(29)36-15-12-28-10-13-34-14-11-28/h6H,5,7-16H2,1-4H3/b17-6+. The van der Waals surface area contributed by atoms with Gasteiger partial charge < -0.3 is 28.4 Å². The van der Waals surface area contributed by atoms with E-state index in [9.17, 15) is 19.2 Å². The number of methoxy groups -OCH3 is 1. The summed E-state index contributed by atoms with van der Waals surface area (Å²) in [6, 6.07) is 0. The van der Waals surface area contributed by atoms with Gasteiger partial charge in [0.15, 0.2) is 5.75 Å². The molecule has 0 aliphatic carbocycles. The van der Waals surface area contributed by atoms with Crippen molar-refractivity contribution >= 4 is 23.9 Å². The minimum absolute atomic E-state index is 0.00309. The largest absolute Gasteiger partial charge is 0.496 e. The summed E-state index contributed by atoms with van der Waals surface area (Å²) in [6.07, 6.45) is 2.74. The fraction of sp³-hybridized carbons (Fsp3) is 0.556. The molecule has 2 aliphatic heterocycles. The van der Waals surface area contributed by atoms with E-state index in [-0.39, 0.29) is 43.3 Å². The minimum atomic E-state index is -1.25. The number of cyclic esters (lactones) is 1. The monoisotopic (exact) mass is 533 g/mol. The Bertz CT molecular complexity index is 1090. The van der Waals surface area contributed by atoms with Crippen molar-refractivity contribution in [2.75, 3.05) is 53.2 Å². The molecule has 0 radical (unpaired) electrons. The van der Waals surface area contributed by atoms with Gasteiger partial charge in [-0.15, -0.1) is 0 Å². The normalized spacial score (nSPS) is 15.5. The fourth-order valence-electron chi connectivity index (χ4n) is 4.31. The van der Waals surface area contributed by atoms with Crippen LogP contribution in [-0.2, 0) is 46.4 Å². The molecule has 2 heterocycles. The third-order valence-electron chi connectivity index (χ3n) is 6.42. The molecule has 0 N–H and O–H groups in total. The lowest BCUT2D eigenvalue weighted by atomic mass is 9.94. The Balaban J connectivity index is 1.70. The predicted octanol–water partition coefficient (Wildman–Crippen LogP) is 2.29. The first-order valence-corrected chi connectivity index (χ1v) is 12.7. The van der Waals surface area contributed by atoms with Crippen molar-refractivity contribution in [3.05, 3.63) is 33.9 Å². The summed E-state index contributed by atoms with van der Waals surface area (Å²) < 4.78 is 31.6. The molecule has 0 bridgehead atoms. The number of hydrogen-bond acceptors (Lipinski definition) is 11. The third kappa shape index (κ3) is 7.32. The molecule has 0 saturated carbocycles. The Kier molecular flexibility index (Phi) is 10.7.